The van der Waals surface area contributed by atoms with Crippen LogP contribution in [0.1, 0.15) is 47.6 Å². The highest BCUT2D eigenvalue weighted by molar-refractivity contribution is 7.80. The van der Waals surface area contributed by atoms with Gasteiger partial charge in [-0.2, -0.15) is 0 Å². The third kappa shape index (κ3) is 4.04. The first kappa shape index (κ1) is 20.3. The Morgan fingerprint density at radius 3 is 2.90 bits per heavy atom. The second-order valence-corrected chi connectivity index (χ2v) is 8.27. The smallest absolute Gasteiger partial charge is 0.170 e. The third-order valence-corrected chi connectivity index (χ3v) is 6.42. The second-order valence-electron chi connectivity index (χ2n) is 7.88. The molecule has 2 fully saturated rings. The molecule has 0 amide bonds. The van der Waals surface area contributed by atoms with Gasteiger partial charge in [-0.1, -0.05) is 6.07 Å². The summed E-state index contributed by atoms with van der Waals surface area (Å²) in [5.41, 5.74) is 4.80. The van der Waals surface area contributed by atoms with Crippen molar-refractivity contribution in [1.29, 1.82) is 0 Å². The van der Waals surface area contributed by atoms with Crippen LogP contribution in [0.3, 0.4) is 0 Å². The number of aryl methyl sites for hydroxylation is 1. The van der Waals surface area contributed by atoms with Gasteiger partial charge in [-0.25, -0.2) is 0 Å². The van der Waals surface area contributed by atoms with Crippen LogP contribution in [-0.2, 0) is 16.0 Å². The highest BCUT2D eigenvalue weighted by atomic mass is 32.1. The van der Waals surface area contributed by atoms with Gasteiger partial charge >= 0.3 is 0 Å². The molecule has 0 spiro atoms. The third-order valence-electron chi connectivity index (χ3n) is 6.07. The molecule has 0 aliphatic carbocycles. The zero-order valence-electron chi connectivity index (χ0n) is 17.4. The Balaban J connectivity index is 1.72. The van der Waals surface area contributed by atoms with Crippen LogP contribution in [0, 0.1) is 13.8 Å². The summed E-state index contributed by atoms with van der Waals surface area (Å²) in [6.45, 7) is 7.55. The molecular formula is C22H30N4O2S. The lowest BCUT2D eigenvalue weighted by atomic mass is 9.96. The Kier molecular flexibility index (Phi) is 6.18. The lowest BCUT2D eigenvalue weighted by Crippen LogP contribution is -2.36. The van der Waals surface area contributed by atoms with Crippen molar-refractivity contribution in [3.63, 3.8) is 0 Å². The van der Waals surface area contributed by atoms with Gasteiger partial charge in [-0.05, 0) is 62.7 Å². The van der Waals surface area contributed by atoms with Gasteiger partial charge in [0, 0.05) is 44.4 Å². The molecule has 4 heterocycles. The largest absolute Gasteiger partial charge is 0.383 e. The molecule has 4 rings (SSSR count). The molecule has 3 unspecified atom stereocenters. The zero-order valence-corrected chi connectivity index (χ0v) is 18.2. The molecule has 6 nitrogen and oxygen atoms in total. The minimum atomic E-state index is 0.0153. The van der Waals surface area contributed by atoms with E-state index in [1.165, 1.54) is 17.0 Å². The maximum Gasteiger partial charge on any atom is 0.170 e. The molecule has 0 radical (unpaired) electrons. The van der Waals surface area contributed by atoms with E-state index in [9.17, 15) is 0 Å². The summed E-state index contributed by atoms with van der Waals surface area (Å²) in [7, 11) is 1.74. The standard InChI is InChI=1S/C22H30N4O2S/c1-15-13-18(16(2)25(15)10-12-27-3)21-20(19-8-4-5-9-23-19)24-22(29)26(21)14-17-7-6-11-28-17/h4-5,8-9,13,17,20-21H,6-7,10-12,14H2,1-3H3,(H,24,29). The Hall–Kier alpha value is -1.96. The summed E-state index contributed by atoms with van der Waals surface area (Å²) in [6.07, 6.45) is 4.30. The van der Waals surface area contributed by atoms with Crippen LogP contribution in [0.4, 0.5) is 0 Å². The van der Waals surface area contributed by atoms with Gasteiger partial charge in [0.2, 0.25) is 0 Å². The SMILES string of the molecule is COCCn1c(C)cc(C2C(c3ccccn3)NC(=S)N2CC2CCCO2)c1C. The Bertz CT molecular complexity index is 848. The maximum absolute atomic E-state index is 5.93. The van der Waals surface area contributed by atoms with E-state index >= 15 is 0 Å². The summed E-state index contributed by atoms with van der Waals surface area (Å²) in [4.78, 5) is 6.95. The van der Waals surface area contributed by atoms with Crippen molar-refractivity contribution in [3.8, 4) is 0 Å². The predicted octanol–water partition coefficient (Wildman–Crippen LogP) is 3.30. The van der Waals surface area contributed by atoms with Crippen LogP contribution < -0.4 is 5.32 Å². The Morgan fingerprint density at radius 2 is 2.21 bits per heavy atom. The number of rotatable bonds is 7. The minimum absolute atomic E-state index is 0.0153. The Labute approximate surface area is 178 Å². The zero-order chi connectivity index (χ0) is 20.4. The molecule has 156 valence electrons. The van der Waals surface area contributed by atoms with Crippen molar-refractivity contribution in [2.45, 2.75) is 51.4 Å². The van der Waals surface area contributed by atoms with E-state index < -0.39 is 0 Å². The highest BCUT2D eigenvalue weighted by Gasteiger charge is 2.42. The molecule has 2 saturated heterocycles. The summed E-state index contributed by atoms with van der Waals surface area (Å²) >= 11 is 5.79. The number of aromatic nitrogens is 2. The second kappa shape index (κ2) is 8.81. The average Bonchev–Trinajstić information content (AvgIpc) is 3.42. The van der Waals surface area contributed by atoms with E-state index in [2.05, 4.69) is 45.7 Å². The number of nitrogens with one attached hydrogen (secondary N) is 1. The summed E-state index contributed by atoms with van der Waals surface area (Å²) in [5, 5.41) is 4.33. The van der Waals surface area contributed by atoms with Crippen LogP contribution in [0.25, 0.3) is 0 Å². The van der Waals surface area contributed by atoms with Gasteiger partial charge in [0.15, 0.2) is 5.11 Å². The summed E-state index contributed by atoms with van der Waals surface area (Å²) in [6, 6.07) is 8.46. The van der Waals surface area contributed by atoms with Gasteiger partial charge in [0.05, 0.1) is 30.5 Å². The van der Waals surface area contributed by atoms with Crippen LogP contribution in [-0.4, -0.2) is 52.5 Å². The lowest BCUT2D eigenvalue weighted by Gasteiger charge is -2.30. The quantitative estimate of drug-likeness (QED) is 0.702. The molecule has 0 aromatic carbocycles. The number of pyridine rings is 1. The van der Waals surface area contributed by atoms with Gasteiger partial charge in [-0.15, -0.1) is 0 Å². The van der Waals surface area contributed by atoms with Crippen LogP contribution in [0.5, 0.6) is 0 Å². The van der Waals surface area contributed by atoms with Crippen LogP contribution in [0.2, 0.25) is 0 Å². The molecule has 2 aromatic heterocycles. The number of ether oxygens (including phenoxy) is 2. The molecule has 1 N–H and O–H groups in total. The van der Waals surface area contributed by atoms with Gasteiger partial charge in [0.1, 0.15) is 0 Å². The van der Waals surface area contributed by atoms with Crippen molar-refractivity contribution < 1.29 is 9.47 Å². The first-order valence-corrected chi connectivity index (χ1v) is 10.8. The molecule has 2 aliphatic rings. The van der Waals surface area contributed by atoms with Crippen LogP contribution >= 0.6 is 12.2 Å². The molecule has 0 bridgehead atoms. The fourth-order valence-corrected chi connectivity index (χ4v) is 4.92. The minimum Gasteiger partial charge on any atom is -0.383 e. The Morgan fingerprint density at radius 1 is 1.34 bits per heavy atom. The number of thiocarbonyl (C=S) groups is 1. The predicted molar refractivity (Wildman–Crippen MR) is 117 cm³/mol. The maximum atomic E-state index is 5.93. The number of nitrogens with zero attached hydrogens (tertiary/aromatic N) is 3. The molecule has 3 atom stereocenters. The number of hydrogen-bond donors (Lipinski definition) is 1. The topological polar surface area (TPSA) is 51.5 Å². The first-order chi connectivity index (χ1) is 14.1. The van der Waals surface area contributed by atoms with Gasteiger partial charge < -0.3 is 24.3 Å². The fraction of sp³-hybridized carbons (Fsp3) is 0.545. The molecule has 29 heavy (non-hydrogen) atoms. The number of methoxy groups -OCH3 is 1. The van der Waals surface area contributed by atoms with Crippen molar-refractivity contribution >= 4 is 17.3 Å². The van der Waals surface area contributed by atoms with Crippen molar-refractivity contribution in [3.05, 3.63) is 53.1 Å². The van der Waals surface area contributed by atoms with Crippen molar-refractivity contribution in [2.24, 2.45) is 0 Å². The van der Waals surface area contributed by atoms with E-state index in [0.717, 1.165) is 43.3 Å². The van der Waals surface area contributed by atoms with Gasteiger partial charge in [-0.3, -0.25) is 4.98 Å². The average molecular weight is 415 g/mol. The first-order valence-electron chi connectivity index (χ1n) is 10.4. The molecule has 7 heteroatoms. The van der Waals surface area contributed by atoms with E-state index in [1.807, 2.05) is 18.3 Å². The normalized spacial score (nSPS) is 24.3. The van der Waals surface area contributed by atoms with Crippen molar-refractivity contribution in [2.75, 3.05) is 26.9 Å². The van der Waals surface area contributed by atoms with E-state index in [-0.39, 0.29) is 18.2 Å². The monoisotopic (exact) mass is 414 g/mol. The lowest BCUT2D eigenvalue weighted by molar-refractivity contribution is 0.0841. The van der Waals surface area contributed by atoms with E-state index in [1.54, 1.807) is 7.11 Å². The molecule has 2 aromatic rings. The van der Waals surface area contributed by atoms with E-state index in [0.29, 0.717) is 6.61 Å². The highest BCUT2D eigenvalue weighted by Crippen LogP contribution is 2.41. The molecule has 0 saturated carbocycles. The van der Waals surface area contributed by atoms with E-state index in [4.69, 9.17) is 21.7 Å². The number of hydrogen-bond acceptors (Lipinski definition) is 4. The van der Waals surface area contributed by atoms with Crippen molar-refractivity contribution in [1.82, 2.24) is 19.8 Å². The van der Waals surface area contributed by atoms with Crippen LogP contribution in [0.15, 0.2) is 30.5 Å². The molecular weight excluding hydrogens is 384 g/mol. The van der Waals surface area contributed by atoms with Gasteiger partial charge in [0.25, 0.3) is 0 Å². The fourth-order valence-electron chi connectivity index (χ4n) is 4.60. The summed E-state index contributed by atoms with van der Waals surface area (Å²) < 4.78 is 13.6. The summed E-state index contributed by atoms with van der Waals surface area (Å²) in [5.74, 6) is 0. The molecule has 2 aliphatic heterocycles.